The Bertz CT molecular complexity index is 1080. The smallest absolute Gasteiger partial charge is 0.231 e. The van der Waals surface area contributed by atoms with Gasteiger partial charge in [-0.1, -0.05) is 23.7 Å². The van der Waals surface area contributed by atoms with Crippen LogP contribution >= 0.6 is 11.6 Å². The zero-order valence-corrected chi connectivity index (χ0v) is 18.8. The van der Waals surface area contributed by atoms with E-state index in [1.807, 2.05) is 0 Å². The molecule has 1 aliphatic heterocycles. The molecule has 0 spiro atoms. The SMILES string of the molecule is CCCc1noc(C2CCN(c3ncnc(Nc4ccc(Cl)c(NC(C)=O)c4)n3)CC2)n1. The molecule has 0 aliphatic carbocycles. The molecule has 1 aliphatic rings. The minimum absolute atomic E-state index is 0.197. The highest BCUT2D eigenvalue weighted by atomic mass is 35.5. The summed E-state index contributed by atoms with van der Waals surface area (Å²) in [4.78, 5) is 31.1. The van der Waals surface area contributed by atoms with Crippen LogP contribution in [0.5, 0.6) is 0 Å². The van der Waals surface area contributed by atoms with E-state index in [9.17, 15) is 4.79 Å². The molecule has 1 amide bonds. The molecule has 1 aromatic carbocycles. The Labute approximate surface area is 190 Å². The van der Waals surface area contributed by atoms with Crippen molar-refractivity contribution >= 4 is 40.8 Å². The predicted molar refractivity (Wildman–Crippen MR) is 121 cm³/mol. The summed E-state index contributed by atoms with van der Waals surface area (Å²) < 4.78 is 5.46. The molecule has 1 saturated heterocycles. The molecule has 0 unspecified atom stereocenters. The third-order valence-corrected chi connectivity index (χ3v) is 5.51. The first-order valence-electron chi connectivity index (χ1n) is 10.6. The third-order valence-electron chi connectivity index (χ3n) is 5.18. The molecular formula is C21H25ClN8O2. The molecule has 168 valence electrons. The monoisotopic (exact) mass is 456 g/mol. The van der Waals surface area contributed by atoms with Crippen molar-refractivity contribution in [2.24, 2.45) is 0 Å². The second kappa shape index (κ2) is 9.90. The molecule has 3 heterocycles. The normalized spacial score (nSPS) is 14.4. The Morgan fingerprint density at radius 2 is 2.06 bits per heavy atom. The number of carbonyl (C=O) groups excluding carboxylic acids is 1. The van der Waals surface area contributed by atoms with Crippen molar-refractivity contribution in [1.82, 2.24) is 25.1 Å². The number of nitrogens with one attached hydrogen (secondary N) is 2. The number of halogens is 1. The topological polar surface area (TPSA) is 122 Å². The average Bonchev–Trinajstić information content (AvgIpc) is 3.25. The van der Waals surface area contributed by atoms with Gasteiger partial charge in [-0.05, 0) is 37.5 Å². The van der Waals surface area contributed by atoms with E-state index in [0.717, 1.165) is 50.5 Å². The fourth-order valence-electron chi connectivity index (χ4n) is 3.60. The number of aryl methyl sites for hydroxylation is 1. The van der Waals surface area contributed by atoms with Crippen molar-refractivity contribution in [3.05, 3.63) is 41.3 Å². The van der Waals surface area contributed by atoms with Crippen LogP contribution in [0.15, 0.2) is 29.0 Å². The summed E-state index contributed by atoms with van der Waals surface area (Å²) in [6, 6.07) is 5.22. The van der Waals surface area contributed by atoms with Gasteiger partial charge in [0.05, 0.1) is 10.7 Å². The minimum Gasteiger partial charge on any atom is -0.341 e. The van der Waals surface area contributed by atoms with Crippen molar-refractivity contribution in [2.75, 3.05) is 28.6 Å². The average molecular weight is 457 g/mol. The Morgan fingerprint density at radius 3 is 2.81 bits per heavy atom. The second-order valence-corrected chi connectivity index (χ2v) is 8.08. The van der Waals surface area contributed by atoms with Gasteiger partial charge in [0.15, 0.2) is 5.82 Å². The van der Waals surface area contributed by atoms with Crippen LogP contribution in [0.3, 0.4) is 0 Å². The van der Waals surface area contributed by atoms with Crippen LogP contribution in [0.1, 0.15) is 50.7 Å². The molecule has 0 saturated carbocycles. The summed E-state index contributed by atoms with van der Waals surface area (Å²) in [6.07, 6.45) is 5.09. The quantitative estimate of drug-likeness (QED) is 0.544. The van der Waals surface area contributed by atoms with Crippen LogP contribution in [0, 0.1) is 0 Å². The predicted octanol–water partition coefficient (Wildman–Crippen LogP) is 3.95. The molecular weight excluding hydrogens is 432 g/mol. The van der Waals surface area contributed by atoms with Gasteiger partial charge in [-0.25, -0.2) is 9.97 Å². The lowest BCUT2D eigenvalue weighted by Gasteiger charge is -2.30. The Hall–Kier alpha value is -3.27. The van der Waals surface area contributed by atoms with Crippen LogP contribution in [-0.2, 0) is 11.2 Å². The van der Waals surface area contributed by atoms with Gasteiger partial charge in [0.1, 0.15) is 6.33 Å². The first kappa shape index (κ1) is 21.9. The van der Waals surface area contributed by atoms with Gasteiger partial charge in [0, 0.05) is 38.0 Å². The molecule has 32 heavy (non-hydrogen) atoms. The first-order valence-corrected chi connectivity index (χ1v) is 11.0. The van der Waals surface area contributed by atoms with Crippen molar-refractivity contribution in [3.8, 4) is 0 Å². The highest BCUT2D eigenvalue weighted by Gasteiger charge is 2.26. The minimum atomic E-state index is -0.197. The highest BCUT2D eigenvalue weighted by molar-refractivity contribution is 6.33. The number of amides is 1. The summed E-state index contributed by atoms with van der Waals surface area (Å²) in [5.74, 6) is 2.58. The molecule has 0 bridgehead atoms. The summed E-state index contributed by atoms with van der Waals surface area (Å²) in [7, 11) is 0. The fourth-order valence-corrected chi connectivity index (χ4v) is 3.77. The van der Waals surface area contributed by atoms with Crippen LogP contribution in [-0.4, -0.2) is 44.1 Å². The number of anilines is 4. The number of benzene rings is 1. The van der Waals surface area contributed by atoms with Gasteiger partial charge in [0.2, 0.25) is 23.7 Å². The highest BCUT2D eigenvalue weighted by Crippen LogP contribution is 2.29. The lowest BCUT2D eigenvalue weighted by molar-refractivity contribution is -0.114. The summed E-state index contributed by atoms with van der Waals surface area (Å²) in [5.41, 5.74) is 1.22. The van der Waals surface area contributed by atoms with Gasteiger partial charge in [0.25, 0.3) is 0 Å². The van der Waals surface area contributed by atoms with Crippen molar-refractivity contribution < 1.29 is 9.32 Å². The van der Waals surface area contributed by atoms with E-state index >= 15 is 0 Å². The number of rotatable bonds is 7. The van der Waals surface area contributed by atoms with Crippen molar-refractivity contribution in [2.45, 2.75) is 45.4 Å². The maximum Gasteiger partial charge on any atom is 0.231 e. The van der Waals surface area contributed by atoms with E-state index in [2.05, 4.69) is 47.5 Å². The number of aromatic nitrogens is 5. The molecule has 2 N–H and O–H groups in total. The maximum atomic E-state index is 11.4. The van der Waals surface area contributed by atoms with E-state index in [1.54, 1.807) is 18.2 Å². The van der Waals surface area contributed by atoms with Gasteiger partial charge in [-0.3, -0.25) is 4.79 Å². The number of hydrogen-bond donors (Lipinski definition) is 2. The van der Waals surface area contributed by atoms with Crippen LogP contribution in [0.4, 0.5) is 23.3 Å². The van der Waals surface area contributed by atoms with E-state index < -0.39 is 0 Å². The molecule has 0 atom stereocenters. The molecule has 10 nitrogen and oxygen atoms in total. The van der Waals surface area contributed by atoms with Gasteiger partial charge >= 0.3 is 0 Å². The van der Waals surface area contributed by atoms with E-state index in [1.165, 1.54) is 13.3 Å². The van der Waals surface area contributed by atoms with Crippen LogP contribution < -0.4 is 15.5 Å². The Morgan fingerprint density at radius 1 is 1.25 bits per heavy atom. The zero-order valence-electron chi connectivity index (χ0n) is 18.0. The van der Waals surface area contributed by atoms with Gasteiger partial charge in [-0.15, -0.1) is 0 Å². The summed E-state index contributed by atoms with van der Waals surface area (Å²) in [5, 5.41) is 10.4. The number of nitrogens with zero attached hydrogens (tertiary/aromatic N) is 6. The van der Waals surface area contributed by atoms with Gasteiger partial charge in [-0.2, -0.15) is 9.97 Å². The molecule has 3 aromatic rings. The summed E-state index contributed by atoms with van der Waals surface area (Å²) >= 11 is 6.14. The lowest BCUT2D eigenvalue weighted by Crippen LogP contribution is -2.34. The standard InChI is InChI=1S/C21H25ClN8O2/c1-3-4-18-27-19(32-29-18)14-7-9-30(10-8-14)21-24-12-23-20(28-21)26-15-5-6-16(22)17(11-15)25-13(2)31/h5-6,11-12,14H,3-4,7-10H2,1-2H3,(H,25,31)(H,23,24,26,28). The first-order chi connectivity index (χ1) is 15.5. The largest absolute Gasteiger partial charge is 0.341 e. The fraction of sp³-hybridized carbons (Fsp3) is 0.429. The summed E-state index contributed by atoms with van der Waals surface area (Å²) in [6.45, 7) is 5.10. The lowest BCUT2D eigenvalue weighted by atomic mass is 9.97. The maximum absolute atomic E-state index is 11.4. The second-order valence-electron chi connectivity index (χ2n) is 7.67. The molecule has 0 radical (unpaired) electrons. The molecule has 11 heteroatoms. The van der Waals surface area contributed by atoms with Crippen molar-refractivity contribution in [3.63, 3.8) is 0 Å². The number of hydrogen-bond acceptors (Lipinski definition) is 9. The number of piperidine rings is 1. The van der Waals surface area contributed by atoms with E-state index in [4.69, 9.17) is 16.1 Å². The van der Waals surface area contributed by atoms with Crippen molar-refractivity contribution in [1.29, 1.82) is 0 Å². The number of carbonyl (C=O) groups is 1. The Kier molecular flexibility index (Phi) is 6.79. The van der Waals surface area contributed by atoms with Crippen LogP contribution in [0.2, 0.25) is 5.02 Å². The third kappa shape index (κ3) is 5.31. The van der Waals surface area contributed by atoms with E-state index in [0.29, 0.717) is 28.3 Å². The molecule has 2 aromatic heterocycles. The van der Waals surface area contributed by atoms with E-state index in [-0.39, 0.29) is 11.8 Å². The molecule has 4 rings (SSSR count). The Balaban J connectivity index is 1.40. The van der Waals surface area contributed by atoms with Gasteiger partial charge < -0.3 is 20.1 Å². The zero-order chi connectivity index (χ0) is 22.5. The van der Waals surface area contributed by atoms with Crippen LogP contribution in [0.25, 0.3) is 0 Å². The molecule has 1 fully saturated rings.